The lowest BCUT2D eigenvalue weighted by Crippen LogP contribution is -2.26. The Bertz CT molecular complexity index is 320. The Balaban J connectivity index is 2.41. The molecule has 0 radical (unpaired) electrons. The number of nitrogens with one attached hydrogen (secondary N) is 1. The Morgan fingerprint density at radius 1 is 1.33 bits per heavy atom. The van der Waals surface area contributed by atoms with Gasteiger partial charge in [0.05, 0.1) is 5.70 Å². The molecule has 0 fully saturated rings. The SMILES string of the molecule is NCC1=Cc2ccccc2ON1. The summed E-state index contributed by atoms with van der Waals surface area (Å²) in [5.41, 5.74) is 10.2. The standard InChI is InChI=1S/C9H10N2O/c10-6-8-5-7-3-1-2-4-9(7)12-11-8/h1-5,11H,6,10H2. The Hall–Kier alpha value is -1.48. The predicted octanol–water partition coefficient (Wildman–Crippen LogP) is 0.883. The third-order valence-electron chi connectivity index (χ3n) is 1.76. The van der Waals surface area contributed by atoms with Gasteiger partial charge >= 0.3 is 0 Å². The van der Waals surface area contributed by atoms with Crippen LogP contribution in [0.1, 0.15) is 5.56 Å². The quantitative estimate of drug-likeness (QED) is 0.644. The first-order valence-electron chi connectivity index (χ1n) is 3.82. The average Bonchev–Trinajstić information content (AvgIpc) is 2.17. The average molecular weight is 162 g/mol. The van der Waals surface area contributed by atoms with Crippen LogP contribution in [0.4, 0.5) is 0 Å². The number of hydroxylamine groups is 1. The molecule has 0 bridgehead atoms. The zero-order valence-electron chi connectivity index (χ0n) is 6.58. The fourth-order valence-corrected chi connectivity index (χ4v) is 1.13. The molecule has 3 nitrogen and oxygen atoms in total. The summed E-state index contributed by atoms with van der Waals surface area (Å²) < 4.78 is 0. The smallest absolute Gasteiger partial charge is 0.162 e. The molecule has 0 saturated heterocycles. The van der Waals surface area contributed by atoms with Crippen molar-refractivity contribution in [3.63, 3.8) is 0 Å². The van der Waals surface area contributed by atoms with E-state index >= 15 is 0 Å². The molecule has 1 aromatic carbocycles. The Morgan fingerprint density at radius 2 is 2.17 bits per heavy atom. The molecule has 3 N–H and O–H groups in total. The molecule has 0 amide bonds. The van der Waals surface area contributed by atoms with Crippen LogP contribution in [-0.4, -0.2) is 6.54 Å². The summed E-state index contributed by atoms with van der Waals surface area (Å²) in [5.74, 6) is 0.842. The van der Waals surface area contributed by atoms with Crippen LogP contribution in [0, 0.1) is 0 Å². The van der Waals surface area contributed by atoms with Crippen LogP contribution in [0.3, 0.4) is 0 Å². The van der Waals surface area contributed by atoms with E-state index in [4.69, 9.17) is 10.6 Å². The van der Waals surface area contributed by atoms with Crippen molar-refractivity contribution in [1.82, 2.24) is 5.48 Å². The lowest BCUT2D eigenvalue weighted by Gasteiger charge is -2.17. The highest BCUT2D eigenvalue weighted by Crippen LogP contribution is 2.22. The molecule has 0 aliphatic carbocycles. The fraction of sp³-hybridized carbons (Fsp3) is 0.111. The molecular weight excluding hydrogens is 152 g/mol. The molecule has 62 valence electrons. The monoisotopic (exact) mass is 162 g/mol. The van der Waals surface area contributed by atoms with E-state index in [1.807, 2.05) is 30.3 Å². The third-order valence-corrected chi connectivity index (χ3v) is 1.76. The molecule has 0 unspecified atom stereocenters. The van der Waals surface area contributed by atoms with E-state index in [-0.39, 0.29) is 0 Å². The maximum atomic E-state index is 5.45. The third kappa shape index (κ3) is 1.14. The second-order valence-corrected chi connectivity index (χ2v) is 2.62. The van der Waals surface area contributed by atoms with E-state index in [1.54, 1.807) is 0 Å². The van der Waals surface area contributed by atoms with E-state index in [9.17, 15) is 0 Å². The first-order chi connectivity index (χ1) is 5.90. The molecule has 1 aliphatic heterocycles. The van der Waals surface area contributed by atoms with Crippen LogP contribution >= 0.6 is 0 Å². The van der Waals surface area contributed by atoms with Gasteiger partial charge in [-0.25, -0.2) is 5.48 Å². The van der Waals surface area contributed by atoms with Gasteiger partial charge in [0.15, 0.2) is 5.75 Å². The molecule has 2 rings (SSSR count). The van der Waals surface area contributed by atoms with Crippen molar-refractivity contribution >= 4 is 6.08 Å². The van der Waals surface area contributed by atoms with E-state index in [1.165, 1.54) is 0 Å². The molecule has 0 spiro atoms. The summed E-state index contributed by atoms with van der Waals surface area (Å²) in [5, 5.41) is 0. The number of fused-ring (bicyclic) bond motifs is 1. The molecule has 0 aromatic heterocycles. The largest absolute Gasteiger partial charge is 0.382 e. The highest BCUT2D eigenvalue weighted by atomic mass is 16.6. The summed E-state index contributed by atoms with van der Waals surface area (Å²) in [7, 11) is 0. The summed E-state index contributed by atoms with van der Waals surface area (Å²) in [6.45, 7) is 0.467. The molecule has 12 heavy (non-hydrogen) atoms. The normalized spacial score (nSPS) is 13.9. The number of rotatable bonds is 1. The summed E-state index contributed by atoms with van der Waals surface area (Å²) in [6.07, 6.45) is 1.98. The maximum Gasteiger partial charge on any atom is 0.162 e. The lowest BCUT2D eigenvalue weighted by atomic mass is 10.1. The maximum absolute atomic E-state index is 5.45. The van der Waals surface area contributed by atoms with Gasteiger partial charge in [-0.3, -0.25) is 0 Å². The first kappa shape index (κ1) is 7.18. The van der Waals surface area contributed by atoms with Crippen LogP contribution in [0.15, 0.2) is 30.0 Å². The number of hydrogen-bond donors (Lipinski definition) is 2. The molecule has 1 heterocycles. The number of benzene rings is 1. The highest BCUT2D eigenvalue weighted by Gasteiger charge is 2.07. The first-order valence-corrected chi connectivity index (χ1v) is 3.82. The number of para-hydroxylation sites is 1. The van der Waals surface area contributed by atoms with Crippen molar-refractivity contribution in [2.24, 2.45) is 5.73 Å². The van der Waals surface area contributed by atoms with Gasteiger partial charge in [-0.05, 0) is 12.1 Å². The van der Waals surface area contributed by atoms with Crippen LogP contribution in [0.2, 0.25) is 0 Å². The van der Waals surface area contributed by atoms with Gasteiger partial charge in [0.2, 0.25) is 0 Å². The zero-order valence-corrected chi connectivity index (χ0v) is 6.58. The van der Waals surface area contributed by atoms with Gasteiger partial charge in [-0.1, -0.05) is 18.2 Å². The van der Waals surface area contributed by atoms with Crippen molar-refractivity contribution in [3.8, 4) is 5.75 Å². The summed E-state index contributed by atoms with van der Waals surface area (Å²) in [4.78, 5) is 5.23. The van der Waals surface area contributed by atoms with Crippen LogP contribution in [0.25, 0.3) is 6.08 Å². The van der Waals surface area contributed by atoms with Gasteiger partial charge < -0.3 is 10.6 Å². The van der Waals surface area contributed by atoms with Gasteiger partial charge in [0.25, 0.3) is 0 Å². The fourth-order valence-electron chi connectivity index (χ4n) is 1.13. The van der Waals surface area contributed by atoms with E-state index in [0.29, 0.717) is 6.54 Å². The molecular formula is C9H10N2O. The van der Waals surface area contributed by atoms with Crippen LogP contribution in [-0.2, 0) is 0 Å². The van der Waals surface area contributed by atoms with E-state index in [2.05, 4.69) is 5.48 Å². The van der Waals surface area contributed by atoms with Gasteiger partial charge in [-0.2, -0.15) is 0 Å². The molecule has 3 heteroatoms. The summed E-state index contributed by atoms with van der Waals surface area (Å²) >= 11 is 0. The van der Waals surface area contributed by atoms with Crippen molar-refractivity contribution < 1.29 is 4.84 Å². The van der Waals surface area contributed by atoms with Crippen molar-refractivity contribution in [2.45, 2.75) is 0 Å². The lowest BCUT2D eigenvalue weighted by molar-refractivity contribution is 0.223. The molecule has 0 saturated carbocycles. The van der Waals surface area contributed by atoms with Crippen LogP contribution < -0.4 is 16.1 Å². The Kier molecular flexibility index (Phi) is 1.72. The van der Waals surface area contributed by atoms with E-state index in [0.717, 1.165) is 17.0 Å². The van der Waals surface area contributed by atoms with E-state index < -0.39 is 0 Å². The van der Waals surface area contributed by atoms with Gasteiger partial charge in [0, 0.05) is 12.1 Å². The topological polar surface area (TPSA) is 47.3 Å². The van der Waals surface area contributed by atoms with Crippen molar-refractivity contribution in [1.29, 1.82) is 0 Å². The van der Waals surface area contributed by atoms with Gasteiger partial charge in [0.1, 0.15) is 0 Å². The Labute approximate surface area is 70.8 Å². The zero-order chi connectivity index (χ0) is 8.39. The minimum absolute atomic E-state index is 0.467. The minimum atomic E-state index is 0.467. The predicted molar refractivity (Wildman–Crippen MR) is 47.2 cm³/mol. The molecule has 1 aromatic rings. The minimum Gasteiger partial charge on any atom is -0.382 e. The number of hydrogen-bond acceptors (Lipinski definition) is 3. The van der Waals surface area contributed by atoms with Crippen molar-refractivity contribution in [3.05, 3.63) is 35.5 Å². The second kappa shape index (κ2) is 2.87. The molecule has 1 aliphatic rings. The summed E-state index contributed by atoms with van der Waals surface area (Å²) in [6, 6.07) is 7.80. The van der Waals surface area contributed by atoms with Crippen LogP contribution in [0.5, 0.6) is 5.75 Å². The second-order valence-electron chi connectivity index (χ2n) is 2.62. The molecule has 0 atom stereocenters. The van der Waals surface area contributed by atoms with Crippen molar-refractivity contribution in [2.75, 3.05) is 6.54 Å². The number of nitrogens with two attached hydrogens (primary N) is 1. The van der Waals surface area contributed by atoms with Gasteiger partial charge in [-0.15, -0.1) is 0 Å². The Morgan fingerprint density at radius 3 is 3.00 bits per heavy atom. The highest BCUT2D eigenvalue weighted by molar-refractivity contribution is 5.61.